The highest BCUT2D eigenvalue weighted by Crippen LogP contribution is 2.23. The molecule has 0 atom stereocenters. The highest BCUT2D eigenvalue weighted by Gasteiger charge is 2.16. The molecule has 0 aromatic heterocycles. The quantitative estimate of drug-likeness (QED) is 0.609. The minimum absolute atomic E-state index is 0.0104. The van der Waals surface area contributed by atoms with Crippen molar-refractivity contribution < 1.29 is 14.3 Å². The van der Waals surface area contributed by atoms with Gasteiger partial charge in [-0.15, -0.1) is 0 Å². The van der Waals surface area contributed by atoms with Crippen LogP contribution < -0.4 is 10.6 Å². The molecule has 2 aromatic rings. The van der Waals surface area contributed by atoms with Crippen molar-refractivity contribution in [3.05, 3.63) is 63.6 Å². The fraction of sp³-hybridized carbons (Fsp3) is 0.364. The Bertz CT molecular complexity index is 867. The average molecular weight is 435 g/mol. The normalized spacial score (nSPS) is 14.3. The van der Waals surface area contributed by atoms with Crippen molar-refractivity contribution in [2.24, 2.45) is 0 Å². The van der Waals surface area contributed by atoms with E-state index in [1.807, 2.05) is 6.07 Å². The lowest BCUT2D eigenvalue weighted by atomic mass is 9.95. The van der Waals surface area contributed by atoms with Gasteiger partial charge in [-0.25, -0.2) is 4.79 Å². The van der Waals surface area contributed by atoms with Crippen LogP contribution in [0.15, 0.2) is 42.5 Å². The standard InChI is InChI=1S/C22H24Cl2N2O3/c23-19-10-9-16(12-20(19)24)14-29-22(28)26-18-8-4-5-15(11-18)13-21(27)25-17-6-2-1-3-7-17/h4-5,8-12,17H,1-3,6-7,13-14H2,(H,25,27)(H,26,28). The summed E-state index contributed by atoms with van der Waals surface area (Å²) in [6, 6.07) is 12.5. The van der Waals surface area contributed by atoms with E-state index in [0.717, 1.165) is 24.0 Å². The molecule has 1 aliphatic carbocycles. The van der Waals surface area contributed by atoms with Gasteiger partial charge in [-0.05, 0) is 48.2 Å². The Morgan fingerprint density at radius 3 is 2.52 bits per heavy atom. The molecule has 2 aromatic carbocycles. The van der Waals surface area contributed by atoms with Gasteiger partial charge in [0.2, 0.25) is 5.91 Å². The maximum Gasteiger partial charge on any atom is 0.411 e. The maximum absolute atomic E-state index is 12.3. The number of carbonyl (C=O) groups excluding carboxylic acids is 2. The lowest BCUT2D eigenvalue weighted by molar-refractivity contribution is -0.121. The molecule has 3 rings (SSSR count). The second-order valence-electron chi connectivity index (χ2n) is 7.23. The number of carbonyl (C=O) groups is 2. The Hall–Kier alpha value is -2.24. The summed E-state index contributed by atoms with van der Waals surface area (Å²) in [5, 5.41) is 6.64. The first kappa shape index (κ1) is 21.5. The maximum atomic E-state index is 12.3. The Morgan fingerprint density at radius 1 is 0.966 bits per heavy atom. The minimum Gasteiger partial charge on any atom is -0.444 e. The SMILES string of the molecule is O=C(Cc1cccc(NC(=O)OCc2ccc(Cl)c(Cl)c2)c1)NC1CCCCC1. The van der Waals surface area contributed by atoms with Crippen LogP contribution in [0, 0.1) is 0 Å². The highest BCUT2D eigenvalue weighted by atomic mass is 35.5. The van der Waals surface area contributed by atoms with Crippen molar-refractivity contribution >= 4 is 40.9 Å². The van der Waals surface area contributed by atoms with Gasteiger partial charge >= 0.3 is 6.09 Å². The molecule has 0 saturated heterocycles. The van der Waals surface area contributed by atoms with Crippen LogP contribution in [0.25, 0.3) is 0 Å². The molecule has 0 bridgehead atoms. The molecule has 7 heteroatoms. The van der Waals surface area contributed by atoms with Gasteiger partial charge in [-0.2, -0.15) is 0 Å². The largest absolute Gasteiger partial charge is 0.444 e. The van der Waals surface area contributed by atoms with E-state index in [-0.39, 0.29) is 25.0 Å². The van der Waals surface area contributed by atoms with Gasteiger partial charge in [0.15, 0.2) is 0 Å². The topological polar surface area (TPSA) is 67.4 Å². The van der Waals surface area contributed by atoms with Crippen molar-refractivity contribution in [1.29, 1.82) is 0 Å². The second kappa shape index (κ2) is 10.5. The first-order chi connectivity index (χ1) is 14.0. The van der Waals surface area contributed by atoms with Crippen LogP contribution in [0.4, 0.5) is 10.5 Å². The van der Waals surface area contributed by atoms with E-state index in [9.17, 15) is 9.59 Å². The zero-order valence-electron chi connectivity index (χ0n) is 16.0. The summed E-state index contributed by atoms with van der Waals surface area (Å²) in [6.45, 7) is 0.0756. The zero-order valence-corrected chi connectivity index (χ0v) is 17.6. The number of ether oxygens (including phenoxy) is 1. The van der Waals surface area contributed by atoms with E-state index in [1.165, 1.54) is 19.3 Å². The Kier molecular flexibility index (Phi) is 7.78. The number of rotatable bonds is 6. The van der Waals surface area contributed by atoms with Gasteiger partial charge in [0, 0.05) is 11.7 Å². The van der Waals surface area contributed by atoms with Crippen molar-refractivity contribution in [2.45, 2.75) is 51.2 Å². The van der Waals surface area contributed by atoms with Gasteiger partial charge < -0.3 is 10.1 Å². The van der Waals surface area contributed by atoms with Crippen LogP contribution in [0.5, 0.6) is 0 Å². The lowest BCUT2D eigenvalue weighted by Crippen LogP contribution is -2.37. The predicted octanol–water partition coefficient (Wildman–Crippen LogP) is 5.73. The second-order valence-corrected chi connectivity index (χ2v) is 8.04. The van der Waals surface area contributed by atoms with Gasteiger partial charge in [0.05, 0.1) is 16.5 Å². The van der Waals surface area contributed by atoms with Crippen LogP contribution in [0.3, 0.4) is 0 Å². The molecule has 29 heavy (non-hydrogen) atoms. The molecule has 1 aliphatic rings. The van der Waals surface area contributed by atoms with Crippen LogP contribution in [-0.4, -0.2) is 18.0 Å². The summed E-state index contributed by atoms with van der Waals surface area (Å²) in [7, 11) is 0. The van der Waals surface area contributed by atoms with E-state index < -0.39 is 6.09 Å². The van der Waals surface area contributed by atoms with E-state index in [1.54, 1.807) is 36.4 Å². The monoisotopic (exact) mass is 434 g/mol. The molecule has 2 amide bonds. The van der Waals surface area contributed by atoms with Gasteiger partial charge in [0.25, 0.3) is 0 Å². The lowest BCUT2D eigenvalue weighted by Gasteiger charge is -2.22. The minimum atomic E-state index is -0.583. The first-order valence-corrected chi connectivity index (χ1v) is 10.5. The number of amides is 2. The van der Waals surface area contributed by atoms with Crippen molar-refractivity contribution in [3.8, 4) is 0 Å². The summed E-state index contributed by atoms with van der Waals surface area (Å²) < 4.78 is 5.22. The summed E-state index contributed by atoms with van der Waals surface area (Å²) in [6.07, 6.45) is 5.41. The van der Waals surface area contributed by atoms with Crippen molar-refractivity contribution in [3.63, 3.8) is 0 Å². The molecule has 0 radical (unpaired) electrons. The third-order valence-corrected chi connectivity index (χ3v) is 5.60. The molecule has 5 nitrogen and oxygen atoms in total. The van der Waals surface area contributed by atoms with E-state index in [4.69, 9.17) is 27.9 Å². The fourth-order valence-electron chi connectivity index (χ4n) is 3.40. The molecular weight excluding hydrogens is 411 g/mol. The van der Waals surface area contributed by atoms with Gasteiger partial charge in [0.1, 0.15) is 6.61 Å². The molecular formula is C22H24Cl2N2O3. The summed E-state index contributed by atoms with van der Waals surface area (Å²) >= 11 is 11.8. The number of hydrogen-bond acceptors (Lipinski definition) is 3. The van der Waals surface area contributed by atoms with Gasteiger partial charge in [-0.3, -0.25) is 10.1 Å². The number of nitrogens with one attached hydrogen (secondary N) is 2. The summed E-state index contributed by atoms with van der Waals surface area (Å²) in [5.74, 6) is 0.0104. The summed E-state index contributed by atoms with van der Waals surface area (Å²) in [4.78, 5) is 24.3. The third kappa shape index (κ3) is 6.94. The van der Waals surface area contributed by atoms with Crippen molar-refractivity contribution in [2.75, 3.05) is 5.32 Å². The Labute approximate surface area is 180 Å². The molecule has 0 spiro atoms. The zero-order chi connectivity index (χ0) is 20.6. The van der Waals surface area contributed by atoms with Crippen LogP contribution in [0.2, 0.25) is 10.0 Å². The molecule has 0 aliphatic heterocycles. The number of benzene rings is 2. The van der Waals surface area contributed by atoms with Crippen LogP contribution in [-0.2, 0) is 22.6 Å². The third-order valence-electron chi connectivity index (χ3n) is 4.86. The van der Waals surface area contributed by atoms with E-state index >= 15 is 0 Å². The predicted molar refractivity (Wildman–Crippen MR) is 115 cm³/mol. The molecule has 0 heterocycles. The fourth-order valence-corrected chi connectivity index (χ4v) is 3.72. The molecule has 1 saturated carbocycles. The highest BCUT2D eigenvalue weighted by molar-refractivity contribution is 6.42. The van der Waals surface area contributed by atoms with Gasteiger partial charge in [-0.1, -0.05) is 60.7 Å². The van der Waals surface area contributed by atoms with E-state index in [2.05, 4.69) is 10.6 Å². The van der Waals surface area contributed by atoms with Crippen LogP contribution in [0.1, 0.15) is 43.2 Å². The Balaban J connectivity index is 1.48. The number of halogens is 2. The molecule has 154 valence electrons. The molecule has 1 fully saturated rings. The summed E-state index contributed by atoms with van der Waals surface area (Å²) in [5.41, 5.74) is 2.15. The molecule has 2 N–H and O–H groups in total. The van der Waals surface area contributed by atoms with E-state index in [0.29, 0.717) is 15.7 Å². The smallest absolute Gasteiger partial charge is 0.411 e. The van der Waals surface area contributed by atoms with Crippen LogP contribution >= 0.6 is 23.2 Å². The Morgan fingerprint density at radius 2 is 1.76 bits per heavy atom. The number of anilines is 1. The number of hydrogen-bond donors (Lipinski definition) is 2. The first-order valence-electron chi connectivity index (χ1n) is 9.75. The average Bonchev–Trinajstić information content (AvgIpc) is 2.70. The van der Waals surface area contributed by atoms with Crippen molar-refractivity contribution in [1.82, 2.24) is 5.32 Å². The molecule has 0 unspecified atom stereocenters.